The highest BCUT2D eigenvalue weighted by atomic mass is 16.4. The molecule has 1 heterocycles. The number of carboxylic acids is 1. The molecule has 1 aliphatic heterocycles. The van der Waals surface area contributed by atoms with Gasteiger partial charge < -0.3 is 15.7 Å². The molecule has 1 unspecified atom stereocenters. The molecular formula is C15H28N2O3. The van der Waals surface area contributed by atoms with Gasteiger partial charge in [-0.15, -0.1) is 0 Å². The molecule has 0 radical (unpaired) electrons. The molecule has 0 bridgehead atoms. The normalized spacial score (nSPS) is 17.6. The molecule has 1 aliphatic rings. The smallest absolute Gasteiger partial charge is 0.303 e. The van der Waals surface area contributed by atoms with Crippen LogP contribution in [0.1, 0.15) is 51.9 Å². The van der Waals surface area contributed by atoms with Crippen molar-refractivity contribution >= 4 is 11.9 Å². The van der Waals surface area contributed by atoms with E-state index in [9.17, 15) is 9.59 Å². The molecular weight excluding hydrogens is 256 g/mol. The van der Waals surface area contributed by atoms with Gasteiger partial charge >= 0.3 is 5.97 Å². The Morgan fingerprint density at radius 3 is 2.60 bits per heavy atom. The molecule has 5 heteroatoms. The van der Waals surface area contributed by atoms with Crippen LogP contribution in [0.5, 0.6) is 0 Å². The van der Waals surface area contributed by atoms with Gasteiger partial charge in [0.1, 0.15) is 0 Å². The topological polar surface area (TPSA) is 78.4 Å². The molecule has 0 aromatic heterocycles. The maximum Gasteiger partial charge on any atom is 0.303 e. The first kappa shape index (κ1) is 17.0. The number of carboxylic acid groups (broad SMARTS) is 1. The van der Waals surface area contributed by atoms with E-state index in [2.05, 4.69) is 17.6 Å². The zero-order chi connectivity index (χ0) is 14.8. The Balaban J connectivity index is 2.11. The van der Waals surface area contributed by atoms with Crippen LogP contribution in [0.4, 0.5) is 0 Å². The molecule has 1 fully saturated rings. The molecule has 1 amide bonds. The third-order valence-corrected chi connectivity index (χ3v) is 4.15. The van der Waals surface area contributed by atoms with Crippen molar-refractivity contribution in [2.45, 2.75) is 51.9 Å². The quantitative estimate of drug-likeness (QED) is 0.603. The second-order valence-corrected chi connectivity index (χ2v) is 5.74. The Kier molecular flexibility index (Phi) is 8.26. The van der Waals surface area contributed by atoms with Gasteiger partial charge in [-0.05, 0) is 50.6 Å². The second kappa shape index (κ2) is 9.75. The predicted octanol–water partition coefficient (Wildman–Crippen LogP) is 1.77. The average molecular weight is 284 g/mol. The lowest BCUT2D eigenvalue weighted by Crippen LogP contribution is -2.33. The average Bonchev–Trinajstić information content (AvgIpc) is 2.43. The summed E-state index contributed by atoms with van der Waals surface area (Å²) in [5, 5.41) is 15.0. The number of hydrogen-bond acceptors (Lipinski definition) is 3. The lowest BCUT2D eigenvalue weighted by molar-refractivity contribution is -0.137. The lowest BCUT2D eigenvalue weighted by Gasteiger charge is -2.22. The Morgan fingerprint density at radius 1 is 1.30 bits per heavy atom. The number of aliphatic carboxylic acids is 1. The highest BCUT2D eigenvalue weighted by Crippen LogP contribution is 2.16. The van der Waals surface area contributed by atoms with Gasteiger partial charge in [0.2, 0.25) is 5.91 Å². The van der Waals surface area contributed by atoms with Gasteiger partial charge in [0.15, 0.2) is 0 Å². The van der Waals surface area contributed by atoms with Crippen molar-refractivity contribution in [2.75, 3.05) is 19.6 Å². The van der Waals surface area contributed by atoms with E-state index in [-0.39, 0.29) is 12.3 Å². The van der Waals surface area contributed by atoms with Gasteiger partial charge in [0.25, 0.3) is 0 Å². The third-order valence-electron chi connectivity index (χ3n) is 4.15. The van der Waals surface area contributed by atoms with Gasteiger partial charge in [-0.1, -0.05) is 13.3 Å². The summed E-state index contributed by atoms with van der Waals surface area (Å²) in [5.41, 5.74) is 0. The van der Waals surface area contributed by atoms with Crippen LogP contribution in [-0.2, 0) is 9.59 Å². The van der Waals surface area contributed by atoms with Gasteiger partial charge in [0, 0.05) is 19.4 Å². The van der Waals surface area contributed by atoms with Crippen LogP contribution in [0.25, 0.3) is 0 Å². The fraction of sp³-hybridized carbons (Fsp3) is 0.867. The van der Waals surface area contributed by atoms with Crippen LogP contribution in [0.15, 0.2) is 0 Å². The minimum Gasteiger partial charge on any atom is -0.481 e. The zero-order valence-electron chi connectivity index (χ0n) is 12.5. The Morgan fingerprint density at radius 2 is 2.00 bits per heavy atom. The third kappa shape index (κ3) is 7.48. The van der Waals surface area contributed by atoms with Crippen molar-refractivity contribution in [2.24, 2.45) is 11.8 Å². The van der Waals surface area contributed by atoms with Crippen molar-refractivity contribution in [3.05, 3.63) is 0 Å². The van der Waals surface area contributed by atoms with Gasteiger partial charge in [-0.25, -0.2) is 0 Å². The van der Waals surface area contributed by atoms with Crippen molar-refractivity contribution < 1.29 is 14.7 Å². The zero-order valence-corrected chi connectivity index (χ0v) is 12.5. The van der Waals surface area contributed by atoms with Crippen LogP contribution in [0.3, 0.4) is 0 Å². The Bertz CT molecular complexity index is 301. The van der Waals surface area contributed by atoms with Crippen molar-refractivity contribution in [3.8, 4) is 0 Å². The summed E-state index contributed by atoms with van der Waals surface area (Å²) in [4.78, 5) is 22.4. The molecule has 1 rings (SSSR count). The maximum atomic E-state index is 11.8. The number of carbonyl (C=O) groups is 2. The minimum atomic E-state index is -0.738. The SMILES string of the molecule is CCC(CCNC(=O)CC1CCNCC1)CCC(=O)O. The summed E-state index contributed by atoms with van der Waals surface area (Å²) in [6.07, 6.45) is 5.58. The lowest BCUT2D eigenvalue weighted by atomic mass is 9.94. The molecule has 5 nitrogen and oxygen atoms in total. The first-order chi connectivity index (χ1) is 9.61. The van der Waals surface area contributed by atoms with E-state index in [0.29, 0.717) is 31.2 Å². The van der Waals surface area contributed by atoms with E-state index < -0.39 is 5.97 Å². The molecule has 1 saturated heterocycles. The Hall–Kier alpha value is -1.10. The first-order valence-electron chi connectivity index (χ1n) is 7.81. The summed E-state index contributed by atoms with van der Waals surface area (Å²) in [7, 11) is 0. The van der Waals surface area contributed by atoms with E-state index in [1.807, 2.05) is 0 Å². The van der Waals surface area contributed by atoms with E-state index >= 15 is 0 Å². The number of hydrogen-bond donors (Lipinski definition) is 3. The summed E-state index contributed by atoms with van der Waals surface area (Å²) in [5.74, 6) is 0.318. The molecule has 0 aromatic rings. The molecule has 3 N–H and O–H groups in total. The van der Waals surface area contributed by atoms with Gasteiger partial charge in [-0.2, -0.15) is 0 Å². The molecule has 0 spiro atoms. The van der Waals surface area contributed by atoms with Crippen LogP contribution in [0, 0.1) is 11.8 Å². The standard InChI is InChI=1S/C15H28N2O3/c1-2-12(3-4-15(19)20)7-10-17-14(18)11-13-5-8-16-9-6-13/h12-13,16H,2-11H2,1H3,(H,17,18)(H,19,20). The highest BCUT2D eigenvalue weighted by Gasteiger charge is 2.16. The molecule has 1 atom stereocenters. The summed E-state index contributed by atoms with van der Waals surface area (Å²) >= 11 is 0. The number of nitrogens with one attached hydrogen (secondary N) is 2. The van der Waals surface area contributed by atoms with Gasteiger partial charge in [-0.3, -0.25) is 9.59 Å². The fourth-order valence-corrected chi connectivity index (χ4v) is 2.72. The first-order valence-corrected chi connectivity index (χ1v) is 7.81. The maximum absolute atomic E-state index is 11.8. The van der Waals surface area contributed by atoms with Crippen molar-refractivity contribution in [1.82, 2.24) is 10.6 Å². The van der Waals surface area contributed by atoms with E-state index in [1.165, 1.54) is 0 Å². The number of rotatable bonds is 9. The van der Waals surface area contributed by atoms with E-state index in [0.717, 1.165) is 38.8 Å². The summed E-state index contributed by atoms with van der Waals surface area (Å²) in [6, 6.07) is 0. The van der Waals surface area contributed by atoms with Crippen molar-refractivity contribution in [3.63, 3.8) is 0 Å². The van der Waals surface area contributed by atoms with E-state index in [1.54, 1.807) is 0 Å². The number of amides is 1. The Labute approximate surface area is 121 Å². The molecule has 0 saturated carbocycles. The summed E-state index contributed by atoms with van der Waals surface area (Å²) in [6.45, 7) is 4.78. The molecule has 116 valence electrons. The molecule has 20 heavy (non-hydrogen) atoms. The largest absolute Gasteiger partial charge is 0.481 e. The van der Waals surface area contributed by atoms with Crippen LogP contribution < -0.4 is 10.6 Å². The summed E-state index contributed by atoms with van der Waals surface area (Å²) < 4.78 is 0. The van der Waals surface area contributed by atoms with Crippen LogP contribution in [-0.4, -0.2) is 36.6 Å². The predicted molar refractivity (Wildman–Crippen MR) is 78.5 cm³/mol. The monoisotopic (exact) mass is 284 g/mol. The minimum absolute atomic E-state index is 0.144. The van der Waals surface area contributed by atoms with Crippen LogP contribution in [0.2, 0.25) is 0 Å². The van der Waals surface area contributed by atoms with E-state index in [4.69, 9.17) is 5.11 Å². The van der Waals surface area contributed by atoms with Crippen molar-refractivity contribution in [1.29, 1.82) is 0 Å². The van der Waals surface area contributed by atoms with Crippen LogP contribution >= 0.6 is 0 Å². The molecule has 0 aromatic carbocycles. The highest BCUT2D eigenvalue weighted by molar-refractivity contribution is 5.76. The number of carbonyl (C=O) groups excluding carboxylic acids is 1. The molecule has 0 aliphatic carbocycles. The van der Waals surface area contributed by atoms with Gasteiger partial charge in [0.05, 0.1) is 0 Å². The second-order valence-electron chi connectivity index (χ2n) is 5.74. The fourth-order valence-electron chi connectivity index (χ4n) is 2.72. The number of piperidine rings is 1.